The van der Waals surface area contributed by atoms with Crippen molar-refractivity contribution in [3.63, 3.8) is 0 Å². The Balaban J connectivity index is 2.25. The third-order valence-electron chi connectivity index (χ3n) is 2.09. The summed E-state index contributed by atoms with van der Waals surface area (Å²) in [6.45, 7) is 3.58. The Hall–Kier alpha value is -1.63. The molecule has 2 heterocycles. The summed E-state index contributed by atoms with van der Waals surface area (Å²) in [6.07, 6.45) is 1.99. The minimum atomic E-state index is 0.0884. The first-order chi connectivity index (χ1) is 8.31. The number of hydrogen-bond donors (Lipinski definition) is 0. The van der Waals surface area contributed by atoms with E-state index >= 15 is 0 Å². The summed E-state index contributed by atoms with van der Waals surface area (Å²) < 4.78 is 0. The highest BCUT2D eigenvalue weighted by Crippen LogP contribution is 2.18. The SMILES string of the molecule is C=CCC(=O)c1sccc1C#Cc1cccs1. The van der Waals surface area contributed by atoms with E-state index in [9.17, 15) is 4.79 Å². The molecule has 0 bridgehead atoms. The van der Waals surface area contributed by atoms with Crippen molar-refractivity contribution < 1.29 is 4.79 Å². The average molecular weight is 258 g/mol. The molecule has 17 heavy (non-hydrogen) atoms. The van der Waals surface area contributed by atoms with Crippen LogP contribution in [0.5, 0.6) is 0 Å². The van der Waals surface area contributed by atoms with Gasteiger partial charge >= 0.3 is 0 Å². The Morgan fingerprint density at radius 2 is 2.18 bits per heavy atom. The van der Waals surface area contributed by atoms with Crippen LogP contribution in [0.4, 0.5) is 0 Å². The normalized spacial score (nSPS) is 9.41. The molecule has 0 amide bonds. The monoisotopic (exact) mass is 258 g/mol. The van der Waals surface area contributed by atoms with E-state index in [-0.39, 0.29) is 5.78 Å². The van der Waals surface area contributed by atoms with Gasteiger partial charge < -0.3 is 0 Å². The van der Waals surface area contributed by atoms with Gasteiger partial charge in [0.15, 0.2) is 5.78 Å². The van der Waals surface area contributed by atoms with Crippen molar-refractivity contribution >= 4 is 28.5 Å². The standard InChI is InChI=1S/C14H10OS2/c1-2-4-13(15)14-11(8-10-17-14)6-7-12-5-3-9-16-12/h2-3,5,8-10H,1,4H2. The molecule has 0 fully saturated rings. The van der Waals surface area contributed by atoms with E-state index in [4.69, 9.17) is 0 Å². The zero-order valence-electron chi connectivity index (χ0n) is 9.10. The van der Waals surface area contributed by atoms with Crippen molar-refractivity contribution in [3.05, 3.63) is 56.9 Å². The predicted molar refractivity (Wildman–Crippen MR) is 73.8 cm³/mol. The van der Waals surface area contributed by atoms with Crippen LogP contribution in [0.25, 0.3) is 0 Å². The number of thiophene rings is 2. The maximum atomic E-state index is 11.8. The van der Waals surface area contributed by atoms with E-state index in [1.165, 1.54) is 11.3 Å². The van der Waals surface area contributed by atoms with Crippen LogP contribution < -0.4 is 0 Å². The lowest BCUT2D eigenvalue weighted by atomic mass is 10.1. The van der Waals surface area contributed by atoms with Gasteiger partial charge in [0.05, 0.1) is 9.75 Å². The highest BCUT2D eigenvalue weighted by atomic mass is 32.1. The van der Waals surface area contributed by atoms with E-state index < -0.39 is 0 Å². The Labute approximate surface area is 108 Å². The second kappa shape index (κ2) is 5.62. The third-order valence-corrected chi connectivity index (χ3v) is 3.83. The van der Waals surface area contributed by atoms with Crippen LogP contribution in [0.15, 0.2) is 41.6 Å². The molecular formula is C14H10OS2. The zero-order chi connectivity index (χ0) is 12.1. The fourth-order valence-electron chi connectivity index (χ4n) is 1.33. The highest BCUT2D eigenvalue weighted by molar-refractivity contribution is 7.12. The molecule has 1 nitrogen and oxygen atoms in total. The van der Waals surface area contributed by atoms with Crippen LogP contribution in [-0.2, 0) is 0 Å². The first kappa shape index (κ1) is 11.8. The van der Waals surface area contributed by atoms with Crippen molar-refractivity contribution in [2.45, 2.75) is 6.42 Å². The van der Waals surface area contributed by atoms with Gasteiger partial charge in [-0.1, -0.05) is 24.0 Å². The molecule has 84 valence electrons. The molecule has 3 heteroatoms. The fourth-order valence-corrected chi connectivity index (χ4v) is 2.70. The van der Waals surface area contributed by atoms with E-state index in [1.807, 2.05) is 29.0 Å². The molecule has 2 aromatic heterocycles. The lowest BCUT2D eigenvalue weighted by Crippen LogP contribution is -1.95. The van der Waals surface area contributed by atoms with Gasteiger partial charge in [0, 0.05) is 12.0 Å². The molecule has 0 saturated carbocycles. The Bertz CT molecular complexity index is 579. The molecule has 0 aliphatic carbocycles. The van der Waals surface area contributed by atoms with E-state index in [1.54, 1.807) is 17.4 Å². The van der Waals surface area contributed by atoms with Gasteiger partial charge in [-0.25, -0.2) is 0 Å². The number of rotatable bonds is 3. The molecule has 0 aromatic carbocycles. The second-order valence-electron chi connectivity index (χ2n) is 3.31. The fraction of sp³-hybridized carbons (Fsp3) is 0.0714. The molecule has 2 rings (SSSR count). The number of carbonyl (C=O) groups excluding carboxylic acids is 1. The van der Waals surface area contributed by atoms with Crippen LogP contribution in [0.3, 0.4) is 0 Å². The molecule has 2 aromatic rings. The van der Waals surface area contributed by atoms with Gasteiger partial charge in [-0.3, -0.25) is 4.79 Å². The molecule has 0 N–H and O–H groups in total. The number of ketones is 1. The molecule has 0 aliphatic heterocycles. The lowest BCUT2D eigenvalue weighted by molar-refractivity contribution is 0.0999. The highest BCUT2D eigenvalue weighted by Gasteiger charge is 2.09. The van der Waals surface area contributed by atoms with Crippen LogP contribution in [0.2, 0.25) is 0 Å². The van der Waals surface area contributed by atoms with Crippen molar-refractivity contribution in [1.82, 2.24) is 0 Å². The van der Waals surface area contributed by atoms with Crippen molar-refractivity contribution in [2.24, 2.45) is 0 Å². The summed E-state index contributed by atoms with van der Waals surface area (Å²) in [6, 6.07) is 5.82. The molecule has 0 saturated heterocycles. The third kappa shape index (κ3) is 2.94. The van der Waals surface area contributed by atoms with Crippen LogP contribution in [-0.4, -0.2) is 5.78 Å². The maximum Gasteiger partial charge on any atom is 0.177 e. The number of carbonyl (C=O) groups is 1. The van der Waals surface area contributed by atoms with Gasteiger partial charge in [0.25, 0.3) is 0 Å². The van der Waals surface area contributed by atoms with Crippen molar-refractivity contribution in [2.75, 3.05) is 0 Å². The van der Waals surface area contributed by atoms with E-state index in [0.717, 1.165) is 15.3 Å². The topological polar surface area (TPSA) is 17.1 Å². The number of allylic oxidation sites excluding steroid dienone is 1. The summed E-state index contributed by atoms with van der Waals surface area (Å²) >= 11 is 3.04. The molecule has 0 radical (unpaired) electrons. The molecular weight excluding hydrogens is 248 g/mol. The summed E-state index contributed by atoms with van der Waals surface area (Å²) in [5.74, 6) is 6.20. The summed E-state index contributed by atoms with van der Waals surface area (Å²) in [7, 11) is 0. The second-order valence-corrected chi connectivity index (χ2v) is 5.17. The predicted octanol–water partition coefficient (Wildman–Crippen LogP) is 3.97. The first-order valence-electron chi connectivity index (χ1n) is 5.08. The van der Waals surface area contributed by atoms with Gasteiger partial charge in [0.1, 0.15) is 0 Å². The minimum absolute atomic E-state index is 0.0884. The Morgan fingerprint density at radius 1 is 1.29 bits per heavy atom. The Kier molecular flexibility index (Phi) is 3.92. The quantitative estimate of drug-likeness (QED) is 0.462. The van der Waals surface area contributed by atoms with E-state index in [0.29, 0.717) is 6.42 Å². The van der Waals surface area contributed by atoms with Crippen molar-refractivity contribution in [3.8, 4) is 11.8 Å². The van der Waals surface area contributed by atoms with E-state index in [2.05, 4.69) is 18.4 Å². The van der Waals surface area contributed by atoms with Gasteiger partial charge in [-0.15, -0.1) is 29.3 Å². The molecule has 0 atom stereocenters. The smallest absolute Gasteiger partial charge is 0.177 e. The first-order valence-corrected chi connectivity index (χ1v) is 6.84. The molecule has 0 aliphatic rings. The van der Waals surface area contributed by atoms with Crippen LogP contribution in [0.1, 0.15) is 26.5 Å². The maximum absolute atomic E-state index is 11.8. The molecule has 0 spiro atoms. The largest absolute Gasteiger partial charge is 0.293 e. The summed E-state index contributed by atoms with van der Waals surface area (Å²) in [4.78, 5) is 13.5. The van der Waals surface area contributed by atoms with Gasteiger partial charge in [-0.2, -0.15) is 0 Å². The summed E-state index contributed by atoms with van der Waals surface area (Å²) in [5, 5.41) is 3.89. The van der Waals surface area contributed by atoms with Crippen LogP contribution >= 0.6 is 22.7 Å². The lowest BCUT2D eigenvalue weighted by Gasteiger charge is -1.93. The van der Waals surface area contributed by atoms with Crippen LogP contribution in [0, 0.1) is 11.8 Å². The van der Waals surface area contributed by atoms with Gasteiger partial charge in [-0.05, 0) is 22.9 Å². The summed E-state index contributed by atoms with van der Waals surface area (Å²) in [5.41, 5.74) is 0.815. The molecule has 0 unspecified atom stereocenters. The zero-order valence-corrected chi connectivity index (χ0v) is 10.7. The number of hydrogen-bond acceptors (Lipinski definition) is 3. The average Bonchev–Trinajstić information content (AvgIpc) is 2.98. The Morgan fingerprint density at radius 3 is 2.88 bits per heavy atom. The van der Waals surface area contributed by atoms with Gasteiger partial charge in [0.2, 0.25) is 0 Å². The minimum Gasteiger partial charge on any atom is -0.293 e. The van der Waals surface area contributed by atoms with Crippen molar-refractivity contribution in [1.29, 1.82) is 0 Å². The number of Topliss-reactive ketones (excluding diaryl/α,β-unsaturated/α-hetero) is 1.